The summed E-state index contributed by atoms with van der Waals surface area (Å²) in [4.78, 5) is 10.4. The van der Waals surface area contributed by atoms with Gasteiger partial charge in [-0.1, -0.05) is 37.3 Å². The number of nitrogens with one attached hydrogen (secondary N) is 2. The Bertz CT molecular complexity index is 1180. The van der Waals surface area contributed by atoms with Gasteiger partial charge in [0.1, 0.15) is 11.9 Å². The Labute approximate surface area is 185 Å². The van der Waals surface area contributed by atoms with Gasteiger partial charge < -0.3 is 15.3 Å². The summed E-state index contributed by atoms with van der Waals surface area (Å²) in [5.41, 5.74) is 10.6. The van der Waals surface area contributed by atoms with Crippen LogP contribution in [0.5, 0.6) is 0 Å². The summed E-state index contributed by atoms with van der Waals surface area (Å²) < 4.78 is 14.3. The molecule has 1 saturated heterocycles. The molecule has 1 aromatic carbocycles. The number of aromatic amines is 1. The lowest BCUT2D eigenvalue weighted by molar-refractivity contribution is 0.221. The van der Waals surface area contributed by atoms with Crippen molar-refractivity contribution in [2.24, 2.45) is 5.73 Å². The lowest BCUT2D eigenvalue weighted by atomic mass is 10.0. The highest BCUT2D eigenvalue weighted by molar-refractivity contribution is 7.88. The number of hydrogen-bond acceptors (Lipinski definition) is 5. The van der Waals surface area contributed by atoms with E-state index in [1.165, 1.54) is 44.1 Å². The van der Waals surface area contributed by atoms with Crippen LogP contribution in [0.2, 0.25) is 0 Å². The maximum Gasteiger partial charge on any atom is 0.138 e. The summed E-state index contributed by atoms with van der Waals surface area (Å²) in [6, 6.07) is 10.8. The highest BCUT2D eigenvalue weighted by Gasteiger charge is 2.11. The van der Waals surface area contributed by atoms with Crippen molar-refractivity contribution in [3.63, 3.8) is 0 Å². The van der Waals surface area contributed by atoms with Gasteiger partial charge in [0.05, 0.1) is 22.4 Å². The van der Waals surface area contributed by atoms with Gasteiger partial charge in [0, 0.05) is 35.1 Å². The molecule has 0 aliphatic carbocycles. The van der Waals surface area contributed by atoms with Crippen molar-refractivity contribution in [3.8, 4) is 11.1 Å². The van der Waals surface area contributed by atoms with Crippen molar-refractivity contribution in [1.82, 2.24) is 19.6 Å². The van der Waals surface area contributed by atoms with Crippen molar-refractivity contribution in [3.05, 3.63) is 64.9 Å². The van der Waals surface area contributed by atoms with E-state index < -0.39 is 11.4 Å². The van der Waals surface area contributed by atoms with Gasteiger partial charge in [-0.2, -0.15) is 0 Å². The molecule has 6 nitrogen and oxygen atoms in total. The minimum atomic E-state index is -1.19. The fraction of sp³-hybridized carbons (Fsp3) is 0.292. The van der Waals surface area contributed by atoms with Crippen LogP contribution in [-0.4, -0.2) is 38.8 Å². The number of pyridine rings is 1. The van der Waals surface area contributed by atoms with Gasteiger partial charge in [-0.25, -0.2) is 9.71 Å². The molecule has 4 N–H and O–H groups in total. The van der Waals surface area contributed by atoms with Gasteiger partial charge in [-0.15, -0.1) is 0 Å². The molecule has 0 amide bonds. The Morgan fingerprint density at radius 2 is 2.00 bits per heavy atom. The molecule has 2 aromatic heterocycles. The average molecular weight is 436 g/mol. The molecule has 1 atom stereocenters. The minimum Gasteiger partial charge on any atom is -0.593 e. The molecule has 3 aromatic rings. The zero-order chi connectivity index (χ0) is 21.8. The van der Waals surface area contributed by atoms with Crippen LogP contribution in [0.1, 0.15) is 24.8 Å². The van der Waals surface area contributed by atoms with Crippen molar-refractivity contribution >= 4 is 34.7 Å². The first-order valence-corrected chi connectivity index (χ1v) is 12.1. The molecule has 1 aliphatic rings. The predicted molar refractivity (Wildman–Crippen MR) is 129 cm³/mol. The molecule has 1 unspecified atom stereocenters. The number of piperidine rings is 1. The largest absolute Gasteiger partial charge is 0.593 e. The molecule has 1 aliphatic heterocycles. The molecule has 7 heteroatoms. The van der Waals surface area contributed by atoms with Crippen LogP contribution >= 0.6 is 0 Å². The second kappa shape index (κ2) is 9.60. The fourth-order valence-electron chi connectivity index (χ4n) is 4.12. The quantitative estimate of drug-likeness (QED) is 0.516. The van der Waals surface area contributed by atoms with E-state index in [1.807, 2.05) is 12.3 Å². The van der Waals surface area contributed by atoms with Gasteiger partial charge in [0.25, 0.3) is 0 Å². The van der Waals surface area contributed by atoms with E-state index in [4.69, 9.17) is 5.73 Å². The maximum atomic E-state index is 11.5. The average Bonchev–Trinajstić information content (AvgIpc) is 3.11. The van der Waals surface area contributed by atoms with Crippen molar-refractivity contribution in [1.29, 1.82) is 0 Å². The number of nitrogens with two attached hydrogens (primary N) is 1. The molecule has 31 heavy (non-hydrogen) atoms. The van der Waals surface area contributed by atoms with Crippen LogP contribution in [0.4, 0.5) is 0 Å². The van der Waals surface area contributed by atoms with Crippen molar-refractivity contribution < 1.29 is 4.55 Å². The third-order valence-electron chi connectivity index (χ3n) is 5.62. The van der Waals surface area contributed by atoms with Crippen LogP contribution in [-0.2, 0) is 17.9 Å². The number of aromatic nitrogens is 2. The summed E-state index contributed by atoms with van der Waals surface area (Å²) in [6.45, 7) is 7.34. The first-order chi connectivity index (χ1) is 15.0. The van der Waals surface area contributed by atoms with E-state index in [0.717, 1.165) is 39.3 Å². The normalized spacial score (nSPS) is 17.2. The maximum absolute atomic E-state index is 11.5. The Morgan fingerprint density at radius 1 is 1.26 bits per heavy atom. The second-order valence-electron chi connectivity index (χ2n) is 8.00. The Hall–Kier alpha value is -2.74. The van der Waals surface area contributed by atoms with Gasteiger partial charge in [-0.3, -0.25) is 4.90 Å². The number of nitrogens with zero attached hydrogens (tertiary/aromatic N) is 2. The molecule has 1 fully saturated rings. The fourth-order valence-corrected chi connectivity index (χ4v) is 4.55. The first-order valence-electron chi connectivity index (χ1n) is 10.6. The SMILES string of the molecule is C=C(/C=c1\c(=C/N)[nH]c2ncc(-c3ccc(CN4CCCCC4)cc3)cc12)N[S+](C)[O-]. The minimum absolute atomic E-state index is 0.553. The van der Waals surface area contributed by atoms with E-state index in [-0.39, 0.29) is 0 Å². The molecule has 0 bridgehead atoms. The Morgan fingerprint density at radius 3 is 2.68 bits per heavy atom. The van der Waals surface area contributed by atoms with Gasteiger partial charge in [-0.05, 0) is 49.2 Å². The number of H-pyrrole nitrogens is 1. The summed E-state index contributed by atoms with van der Waals surface area (Å²) in [7, 11) is 0. The standard InChI is InChI=1S/C24H29N5OS/c1-17(28-31(2)30)12-21-22-13-20(15-26-24(22)27-23(21)14-25)19-8-6-18(7-9-19)16-29-10-4-3-5-11-29/h6-9,12-15,28H,1,3-5,10-11,16,25H2,2H3,(H,26,27)/b21-12-,23-14+. The molecular weight excluding hydrogens is 406 g/mol. The number of allylic oxidation sites excluding steroid dienone is 1. The van der Waals surface area contributed by atoms with Gasteiger partial charge in [0.2, 0.25) is 0 Å². The lowest BCUT2D eigenvalue weighted by Gasteiger charge is -2.26. The predicted octanol–water partition coefficient (Wildman–Crippen LogP) is 2.09. The smallest absolute Gasteiger partial charge is 0.138 e. The summed E-state index contributed by atoms with van der Waals surface area (Å²) in [5.74, 6) is 0. The number of fused-ring (bicyclic) bond motifs is 1. The monoisotopic (exact) mass is 435 g/mol. The first kappa shape index (κ1) is 21.5. The van der Waals surface area contributed by atoms with E-state index >= 15 is 0 Å². The molecular formula is C24H29N5OS. The lowest BCUT2D eigenvalue weighted by Crippen LogP contribution is -2.28. The molecule has 0 radical (unpaired) electrons. The Kier molecular flexibility index (Phi) is 6.65. The number of hydrogen-bond donors (Lipinski definition) is 3. The summed E-state index contributed by atoms with van der Waals surface area (Å²) in [5, 5.41) is 2.56. The molecule has 162 valence electrons. The number of rotatable bonds is 6. The summed E-state index contributed by atoms with van der Waals surface area (Å²) >= 11 is -1.19. The van der Waals surface area contributed by atoms with Crippen LogP contribution < -0.4 is 21.0 Å². The van der Waals surface area contributed by atoms with E-state index in [2.05, 4.69) is 56.5 Å². The molecule has 3 heterocycles. The van der Waals surface area contributed by atoms with Crippen LogP contribution in [0.15, 0.2) is 48.8 Å². The van der Waals surface area contributed by atoms with E-state index in [1.54, 1.807) is 6.26 Å². The van der Waals surface area contributed by atoms with Crippen LogP contribution in [0.25, 0.3) is 34.4 Å². The second-order valence-corrected chi connectivity index (χ2v) is 9.11. The van der Waals surface area contributed by atoms with Gasteiger partial charge >= 0.3 is 0 Å². The zero-order valence-corrected chi connectivity index (χ0v) is 18.7. The molecule has 0 spiro atoms. The van der Waals surface area contributed by atoms with Crippen LogP contribution in [0.3, 0.4) is 0 Å². The van der Waals surface area contributed by atoms with Crippen molar-refractivity contribution in [2.75, 3.05) is 19.3 Å². The number of benzene rings is 1. The third-order valence-corrected chi connectivity index (χ3v) is 6.17. The van der Waals surface area contributed by atoms with Crippen LogP contribution in [0, 0.1) is 0 Å². The molecule has 0 saturated carbocycles. The zero-order valence-electron chi connectivity index (χ0n) is 17.9. The topological polar surface area (TPSA) is 93.0 Å². The number of likely N-dealkylation sites (tertiary alicyclic amines) is 1. The molecule has 4 rings (SSSR count). The van der Waals surface area contributed by atoms with Gasteiger partial charge in [0.15, 0.2) is 0 Å². The third kappa shape index (κ3) is 5.12. The van der Waals surface area contributed by atoms with Crippen molar-refractivity contribution in [2.45, 2.75) is 25.8 Å². The highest BCUT2D eigenvalue weighted by Crippen LogP contribution is 2.22. The highest BCUT2D eigenvalue weighted by atomic mass is 32.2. The van der Waals surface area contributed by atoms with E-state index in [9.17, 15) is 4.55 Å². The van der Waals surface area contributed by atoms with E-state index in [0.29, 0.717) is 5.70 Å². The summed E-state index contributed by atoms with van der Waals surface area (Å²) in [6.07, 6.45) is 10.8. The Balaban J connectivity index is 1.65.